The van der Waals surface area contributed by atoms with Crippen LogP contribution < -0.4 is 4.72 Å². The van der Waals surface area contributed by atoms with Crippen molar-refractivity contribution in [3.05, 3.63) is 47.5 Å². The molecule has 0 spiro atoms. The maximum Gasteiger partial charge on any atom is 0.312 e. The average Bonchev–Trinajstić information content (AvgIpc) is 3.02. The quantitative estimate of drug-likeness (QED) is 0.270. The van der Waals surface area contributed by atoms with Crippen LogP contribution in [0.5, 0.6) is 0 Å². The number of carboxylic acid groups (broad SMARTS) is 1. The number of rotatable bonds is 8. The van der Waals surface area contributed by atoms with E-state index in [9.17, 15) is 22.8 Å². The number of allylic oxidation sites excluding steroid dienone is 2. The minimum absolute atomic E-state index is 0.0208. The number of sulfonamides is 1. The molecule has 1 aromatic carbocycles. The third-order valence-electron chi connectivity index (χ3n) is 15.2. The molecule has 0 heterocycles. The molecule has 0 aliphatic heterocycles. The molecule has 1 aromatic rings. The van der Waals surface area contributed by atoms with E-state index in [0.717, 1.165) is 50.5 Å². The SMILES string of the molecule is CC1(C)[C@@H](NS(=O)(=O)CCC(=O)O)CC[C@]2(C)[C@H]3C(=O)C=C4[C@@H]5C[C@@](C)(C(=O)OCc6ccccc6)CC[C@]5(C)CC[C@@]4(C)[C@]3(C)CC[C@@H]12. The van der Waals surface area contributed by atoms with E-state index in [1.807, 2.05) is 36.4 Å². The Bertz CT molecular complexity index is 1650. The number of ether oxygens (including phenoxy) is 1. The van der Waals surface area contributed by atoms with Crippen LogP contribution in [0.15, 0.2) is 42.0 Å². The Balaban J connectivity index is 1.28. The first-order valence-corrected chi connectivity index (χ1v) is 20.1. The summed E-state index contributed by atoms with van der Waals surface area (Å²) in [6.07, 6.45) is 9.13. The number of carboxylic acids is 1. The van der Waals surface area contributed by atoms with Gasteiger partial charge >= 0.3 is 11.9 Å². The summed E-state index contributed by atoms with van der Waals surface area (Å²) < 4.78 is 34.7. The largest absolute Gasteiger partial charge is 0.481 e. The Labute approximate surface area is 293 Å². The molecule has 8 nitrogen and oxygen atoms in total. The molecule has 6 rings (SSSR count). The smallest absolute Gasteiger partial charge is 0.312 e. The highest BCUT2D eigenvalue weighted by Gasteiger charge is 2.70. The number of hydrogen-bond donors (Lipinski definition) is 2. The highest BCUT2D eigenvalue weighted by Crippen LogP contribution is 2.75. The van der Waals surface area contributed by atoms with E-state index in [1.165, 1.54) is 5.57 Å². The normalized spacial score (nSPS) is 41.3. The van der Waals surface area contributed by atoms with Crippen molar-refractivity contribution in [3.8, 4) is 0 Å². The van der Waals surface area contributed by atoms with Crippen molar-refractivity contribution >= 4 is 27.7 Å². The monoisotopic (exact) mass is 695 g/mol. The summed E-state index contributed by atoms with van der Waals surface area (Å²) in [5.41, 5.74) is 0.406. The fraction of sp³-hybridized carbons (Fsp3) is 0.725. The number of fused-ring (bicyclic) bond motifs is 7. The van der Waals surface area contributed by atoms with Gasteiger partial charge in [0, 0.05) is 12.0 Å². The van der Waals surface area contributed by atoms with Crippen molar-refractivity contribution in [2.75, 3.05) is 5.75 Å². The Hall–Kier alpha value is -2.52. The summed E-state index contributed by atoms with van der Waals surface area (Å²) in [5.74, 6) is -1.47. The van der Waals surface area contributed by atoms with E-state index in [0.29, 0.717) is 12.8 Å². The van der Waals surface area contributed by atoms with Crippen LogP contribution in [0.1, 0.15) is 118 Å². The maximum absolute atomic E-state index is 14.8. The molecule has 0 radical (unpaired) electrons. The predicted octanol–water partition coefficient (Wildman–Crippen LogP) is 7.47. The van der Waals surface area contributed by atoms with Gasteiger partial charge in [-0.05, 0) is 115 Å². The number of aliphatic carboxylic acids is 1. The summed E-state index contributed by atoms with van der Waals surface area (Å²) in [6.45, 7) is 16.0. The van der Waals surface area contributed by atoms with Gasteiger partial charge in [0.25, 0.3) is 0 Å². The lowest BCUT2D eigenvalue weighted by Crippen LogP contribution is -2.67. The molecule has 9 atom stereocenters. The van der Waals surface area contributed by atoms with Crippen LogP contribution in [-0.4, -0.2) is 43.0 Å². The minimum atomic E-state index is -3.77. The molecule has 0 amide bonds. The van der Waals surface area contributed by atoms with Crippen LogP contribution in [0.25, 0.3) is 0 Å². The first-order chi connectivity index (χ1) is 22.7. The lowest BCUT2D eigenvalue weighted by molar-refractivity contribution is -0.189. The molecular formula is C40H57NO7S. The second-order valence-electron chi connectivity index (χ2n) is 18.3. The second-order valence-corrected chi connectivity index (χ2v) is 20.2. The number of benzene rings is 1. The Morgan fingerprint density at radius 3 is 2.27 bits per heavy atom. The van der Waals surface area contributed by atoms with Crippen LogP contribution in [0.4, 0.5) is 0 Å². The van der Waals surface area contributed by atoms with Gasteiger partial charge in [-0.2, -0.15) is 0 Å². The Morgan fingerprint density at radius 1 is 0.918 bits per heavy atom. The van der Waals surface area contributed by atoms with Crippen LogP contribution in [-0.2, 0) is 35.8 Å². The number of ketones is 1. The molecule has 9 heteroatoms. The van der Waals surface area contributed by atoms with Crippen LogP contribution >= 0.6 is 0 Å². The first kappa shape index (κ1) is 36.3. The fourth-order valence-corrected chi connectivity index (χ4v) is 13.4. The number of carbonyl (C=O) groups excluding carboxylic acids is 2. The maximum atomic E-state index is 14.8. The summed E-state index contributed by atoms with van der Waals surface area (Å²) >= 11 is 0. The lowest BCUT2D eigenvalue weighted by atomic mass is 9.33. The van der Waals surface area contributed by atoms with Gasteiger partial charge in [-0.3, -0.25) is 14.4 Å². The van der Waals surface area contributed by atoms with E-state index >= 15 is 0 Å². The van der Waals surface area contributed by atoms with Gasteiger partial charge < -0.3 is 9.84 Å². The molecular weight excluding hydrogens is 639 g/mol. The zero-order chi connectivity index (χ0) is 35.8. The van der Waals surface area contributed by atoms with Crippen molar-refractivity contribution in [2.24, 2.45) is 50.2 Å². The first-order valence-electron chi connectivity index (χ1n) is 18.4. The molecule has 0 bridgehead atoms. The van der Waals surface area contributed by atoms with E-state index in [-0.39, 0.29) is 63.8 Å². The lowest BCUT2D eigenvalue weighted by Gasteiger charge is -2.70. The number of esters is 1. The van der Waals surface area contributed by atoms with Crippen molar-refractivity contribution < 1.29 is 32.6 Å². The van der Waals surface area contributed by atoms with Crippen LogP contribution in [0.2, 0.25) is 0 Å². The molecule has 270 valence electrons. The fourth-order valence-electron chi connectivity index (χ4n) is 12.0. The van der Waals surface area contributed by atoms with Gasteiger partial charge in [-0.1, -0.05) is 77.4 Å². The minimum Gasteiger partial charge on any atom is -0.481 e. The number of carbonyl (C=O) groups is 3. The van der Waals surface area contributed by atoms with Gasteiger partial charge in [0.2, 0.25) is 10.0 Å². The van der Waals surface area contributed by atoms with Gasteiger partial charge in [-0.15, -0.1) is 0 Å². The van der Waals surface area contributed by atoms with E-state index in [1.54, 1.807) is 0 Å². The summed E-state index contributed by atoms with van der Waals surface area (Å²) in [7, 11) is -3.77. The van der Waals surface area contributed by atoms with Crippen molar-refractivity contribution in [1.82, 2.24) is 4.72 Å². The molecule has 4 saturated carbocycles. The Morgan fingerprint density at radius 2 is 1.59 bits per heavy atom. The highest BCUT2D eigenvalue weighted by atomic mass is 32.2. The number of nitrogens with one attached hydrogen (secondary N) is 1. The summed E-state index contributed by atoms with van der Waals surface area (Å²) in [6, 6.07) is 9.47. The molecule has 49 heavy (non-hydrogen) atoms. The molecule has 0 unspecified atom stereocenters. The van der Waals surface area contributed by atoms with Gasteiger partial charge in [-0.25, -0.2) is 13.1 Å². The Kier molecular flexibility index (Phi) is 8.91. The molecule has 2 N–H and O–H groups in total. The summed E-state index contributed by atoms with van der Waals surface area (Å²) in [5, 5.41) is 9.08. The van der Waals surface area contributed by atoms with Gasteiger partial charge in [0.15, 0.2) is 5.78 Å². The van der Waals surface area contributed by atoms with Crippen LogP contribution in [0, 0.1) is 50.2 Å². The van der Waals surface area contributed by atoms with E-state index in [4.69, 9.17) is 9.84 Å². The molecule has 0 aromatic heterocycles. The van der Waals surface area contributed by atoms with Crippen molar-refractivity contribution in [1.29, 1.82) is 0 Å². The standard InChI is InChI=1S/C40H57NO7S/c1-35(2)30-13-17-40(7)33(38(30,5)16-14-31(35)41-49(46,47)22-15-32(43)44)29(42)23-27-28-24-37(4,19-18-36(28,3)20-21-39(27,40)6)34(45)48-25-26-11-9-8-10-12-26/h8-12,23,28,30-31,33,41H,13-22,24-25H2,1-7H3,(H,43,44)/t28-,30-,31-,33+,36+,37-,38-,39+,40+/m0/s1. The second kappa shape index (κ2) is 12.0. The molecule has 5 aliphatic rings. The van der Waals surface area contributed by atoms with Crippen molar-refractivity contribution in [3.63, 3.8) is 0 Å². The zero-order valence-corrected chi connectivity index (χ0v) is 31.4. The van der Waals surface area contributed by atoms with Gasteiger partial charge in [0.1, 0.15) is 6.61 Å². The predicted molar refractivity (Wildman–Crippen MR) is 189 cm³/mol. The topological polar surface area (TPSA) is 127 Å². The highest BCUT2D eigenvalue weighted by molar-refractivity contribution is 7.89. The van der Waals surface area contributed by atoms with Crippen LogP contribution in [0.3, 0.4) is 0 Å². The van der Waals surface area contributed by atoms with E-state index in [2.05, 4.69) is 53.2 Å². The van der Waals surface area contributed by atoms with Gasteiger partial charge in [0.05, 0.1) is 17.6 Å². The molecule has 4 fully saturated rings. The average molecular weight is 696 g/mol. The number of hydrogen-bond acceptors (Lipinski definition) is 6. The van der Waals surface area contributed by atoms with E-state index < -0.39 is 39.0 Å². The third-order valence-corrected chi connectivity index (χ3v) is 16.6. The summed E-state index contributed by atoms with van der Waals surface area (Å²) in [4.78, 5) is 39.6. The zero-order valence-electron chi connectivity index (χ0n) is 30.6. The third kappa shape index (κ3) is 5.83. The molecule has 0 saturated heterocycles. The van der Waals surface area contributed by atoms with Crippen molar-refractivity contribution in [2.45, 2.75) is 125 Å². The molecule has 5 aliphatic carbocycles.